The minimum Gasteiger partial charge on any atom is -0.492 e. The molecule has 0 radical (unpaired) electrons. The van der Waals surface area contributed by atoms with Crippen LogP contribution in [0.25, 0.3) is 10.3 Å². The van der Waals surface area contributed by atoms with Crippen molar-refractivity contribution in [1.82, 2.24) is 19.9 Å². The van der Waals surface area contributed by atoms with E-state index in [2.05, 4.69) is 20.6 Å². The molecule has 35 heavy (non-hydrogen) atoms. The van der Waals surface area contributed by atoms with E-state index in [0.29, 0.717) is 46.6 Å². The maximum atomic E-state index is 13.1. The van der Waals surface area contributed by atoms with Crippen molar-refractivity contribution in [3.8, 4) is 5.75 Å². The van der Waals surface area contributed by atoms with Crippen LogP contribution in [0.3, 0.4) is 0 Å². The number of carbonyl (C=O) groups is 2. The number of anilines is 2. The molecule has 1 atom stereocenters. The zero-order chi connectivity index (χ0) is 24.8. The zero-order valence-electron chi connectivity index (χ0n) is 20.0. The fraction of sp³-hybridized carbons (Fsp3) is 0.458. The van der Waals surface area contributed by atoms with Gasteiger partial charge in [0.25, 0.3) is 5.56 Å². The van der Waals surface area contributed by atoms with Crippen molar-refractivity contribution < 1.29 is 14.3 Å². The number of aromatic nitrogens is 3. The number of rotatable bonds is 9. The lowest BCUT2D eigenvalue weighted by Crippen LogP contribution is -2.43. The van der Waals surface area contributed by atoms with Crippen LogP contribution >= 0.6 is 11.3 Å². The van der Waals surface area contributed by atoms with Crippen LogP contribution < -0.4 is 25.8 Å². The maximum Gasteiger partial charge on any atom is 0.273 e. The fourth-order valence-electron chi connectivity index (χ4n) is 4.04. The van der Waals surface area contributed by atoms with Gasteiger partial charge in [0.15, 0.2) is 10.8 Å². The van der Waals surface area contributed by atoms with Gasteiger partial charge in [0.2, 0.25) is 11.8 Å². The highest BCUT2D eigenvalue weighted by Gasteiger charge is 2.28. The lowest BCUT2D eigenvalue weighted by molar-refractivity contribution is -0.125. The Morgan fingerprint density at radius 2 is 2.09 bits per heavy atom. The summed E-state index contributed by atoms with van der Waals surface area (Å²) in [5.41, 5.74) is 0.580. The number of para-hydroxylation sites is 2. The highest BCUT2D eigenvalue weighted by molar-refractivity contribution is 7.22. The van der Waals surface area contributed by atoms with Crippen LogP contribution in [0.1, 0.15) is 33.1 Å². The van der Waals surface area contributed by atoms with Crippen molar-refractivity contribution in [2.75, 3.05) is 36.5 Å². The topological polar surface area (TPSA) is 118 Å². The summed E-state index contributed by atoms with van der Waals surface area (Å²) < 4.78 is 7.21. The molecule has 1 unspecified atom stereocenters. The third-order valence-corrected chi connectivity index (χ3v) is 6.85. The van der Waals surface area contributed by atoms with Gasteiger partial charge in [0.05, 0.1) is 18.2 Å². The van der Waals surface area contributed by atoms with E-state index in [0.717, 1.165) is 25.8 Å². The van der Waals surface area contributed by atoms with Crippen LogP contribution in [0.2, 0.25) is 0 Å². The largest absolute Gasteiger partial charge is 0.492 e. The predicted octanol–water partition coefficient (Wildman–Crippen LogP) is 2.63. The van der Waals surface area contributed by atoms with Gasteiger partial charge < -0.3 is 20.3 Å². The van der Waals surface area contributed by atoms with E-state index in [1.54, 1.807) is 18.2 Å². The van der Waals surface area contributed by atoms with Crippen molar-refractivity contribution in [1.29, 1.82) is 0 Å². The number of hydrogen-bond acceptors (Lipinski definition) is 8. The number of carbonyl (C=O) groups excluding carboxylic acids is 2. The molecule has 3 aromatic rings. The molecule has 11 heteroatoms. The summed E-state index contributed by atoms with van der Waals surface area (Å²) in [5, 5.41) is 6.44. The van der Waals surface area contributed by atoms with Gasteiger partial charge in [0.1, 0.15) is 23.3 Å². The molecule has 2 amide bonds. The molecule has 1 aliphatic heterocycles. The Kier molecular flexibility index (Phi) is 7.96. The number of ether oxygens (including phenoxy) is 1. The second kappa shape index (κ2) is 11.3. The first-order chi connectivity index (χ1) is 17.0. The highest BCUT2D eigenvalue weighted by Crippen LogP contribution is 2.29. The lowest BCUT2D eigenvalue weighted by Gasteiger charge is -2.31. The summed E-state index contributed by atoms with van der Waals surface area (Å²) in [5.74, 6) is 0.173. The molecule has 4 rings (SSSR count). The number of fused-ring (bicyclic) bond motifs is 1. The van der Waals surface area contributed by atoms with Crippen molar-refractivity contribution in [2.45, 2.75) is 39.7 Å². The van der Waals surface area contributed by atoms with Crippen molar-refractivity contribution in [2.24, 2.45) is 5.92 Å². The van der Waals surface area contributed by atoms with E-state index in [4.69, 9.17) is 4.74 Å². The predicted molar refractivity (Wildman–Crippen MR) is 136 cm³/mol. The molecule has 1 aliphatic rings. The normalized spacial score (nSPS) is 15.7. The number of benzene rings is 1. The smallest absolute Gasteiger partial charge is 0.273 e. The Balaban J connectivity index is 1.48. The third kappa shape index (κ3) is 5.79. The second-order valence-electron chi connectivity index (χ2n) is 8.38. The molecular weight excluding hydrogens is 468 g/mol. The maximum absolute atomic E-state index is 13.1. The molecular formula is C24H30N6O4S. The van der Waals surface area contributed by atoms with E-state index in [1.807, 2.05) is 24.8 Å². The van der Waals surface area contributed by atoms with E-state index in [9.17, 15) is 14.4 Å². The molecule has 0 bridgehead atoms. The SMILES string of the molecule is CCCNC(=O)C1CCCN(c2nc3ncn(CC(=O)Nc4ccccc4OCC)c(=O)c3s2)C1. The first kappa shape index (κ1) is 24.6. The number of thiazole rings is 1. The minimum atomic E-state index is -0.359. The van der Waals surface area contributed by atoms with E-state index >= 15 is 0 Å². The van der Waals surface area contributed by atoms with E-state index in [1.165, 1.54) is 22.2 Å². The summed E-state index contributed by atoms with van der Waals surface area (Å²) >= 11 is 1.25. The Bertz CT molecular complexity index is 1260. The Labute approximate surface area is 207 Å². The molecule has 1 saturated heterocycles. The van der Waals surface area contributed by atoms with Gasteiger partial charge in [-0.3, -0.25) is 19.0 Å². The average molecular weight is 499 g/mol. The fourth-order valence-corrected chi connectivity index (χ4v) is 5.04. The van der Waals surface area contributed by atoms with Gasteiger partial charge in [-0.2, -0.15) is 4.98 Å². The van der Waals surface area contributed by atoms with Crippen molar-refractivity contribution in [3.05, 3.63) is 40.9 Å². The van der Waals surface area contributed by atoms with Crippen LogP contribution in [-0.2, 0) is 16.1 Å². The number of hydrogen-bond donors (Lipinski definition) is 2. The van der Waals surface area contributed by atoms with Crippen LogP contribution in [0.5, 0.6) is 5.75 Å². The number of amides is 2. The Morgan fingerprint density at radius 1 is 1.26 bits per heavy atom. The van der Waals surface area contributed by atoms with Gasteiger partial charge >= 0.3 is 0 Å². The molecule has 1 fully saturated rings. The van der Waals surface area contributed by atoms with Crippen molar-refractivity contribution >= 4 is 44.3 Å². The number of nitrogens with one attached hydrogen (secondary N) is 2. The van der Waals surface area contributed by atoms with Crippen molar-refractivity contribution in [3.63, 3.8) is 0 Å². The van der Waals surface area contributed by atoms with Gasteiger partial charge in [-0.25, -0.2) is 4.98 Å². The lowest BCUT2D eigenvalue weighted by atomic mass is 9.97. The second-order valence-corrected chi connectivity index (χ2v) is 9.36. The molecule has 2 N–H and O–H groups in total. The standard InChI is InChI=1S/C24H30N6O4S/c1-3-11-25-22(32)16-8-7-12-29(13-16)24-28-21-20(35-24)23(33)30(15-26-21)14-19(31)27-17-9-5-6-10-18(17)34-4-2/h5-6,9-10,15-16H,3-4,7-8,11-14H2,1-2H3,(H,25,32)(H,27,31). The first-order valence-electron chi connectivity index (χ1n) is 11.9. The van der Waals surface area contributed by atoms with Crippen LogP contribution in [-0.4, -0.2) is 52.6 Å². The van der Waals surface area contributed by atoms with Gasteiger partial charge in [0, 0.05) is 19.6 Å². The molecule has 1 aromatic carbocycles. The molecule has 0 aliphatic carbocycles. The monoisotopic (exact) mass is 498 g/mol. The molecule has 2 aromatic heterocycles. The van der Waals surface area contributed by atoms with Gasteiger partial charge in [-0.1, -0.05) is 30.4 Å². The highest BCUT2D eigenvalue weighted by atomic mass is 32.1. The third-order valence-electron chi connectivity index (χ3n) is 5.76. The Hall–Kier alpha value is -3.47. The summed E-state index contributed by atoms with van der Waals surface area (Å²) in [4.78, 5) is 49.1. The summed E-state index contributed by atoms with van der Waals surface area (Å²) in [6.45, 7) is 6.19. The van der Waals surface area contributed by atoms with Crippen LogP contribution in [0.15, 0.2) is 35.4 Å². The van der Waals surface area contributed by atoms with Crippen LogP contribution in [0.4, 0.5) is 10.8 Å². The summed E-state index contributed by atoms with van der Waals surface area (Å²) in [6.07, 6.45) is 3.96. The molecule has 0 saturated carbocycles. The summed E-state index contributed by atoms with van der Waals surface area (Å²) in [7, 11) is 0. The Morgan fingerprint density at radius 3 is 2.89 bits per heavy atom. The van der Waals surface area contributed by atoms with Gasteiger partial charge in [-0.05, 0) is 38.3 Å². The first-order valence-corrected chi connectivity index (χ1v) is 12.7. The summed E-state index contributed by atoms with van der Waals surface area (Å²) in [6, 6.07) is 7.15. The zero-order valence-corrected chi connectivity index (χ0v) is 20.8. The quantitative estimate of drug-likeness (QED) is 0.466. The molecule has 3 heterocycles. The average Bonchev–Trinajstić information content (AvgIpc) is 3.31. The molecule has 186 valence electrons. The van der Waals surface area contributed by atoms with E-state index in [-0.39, 0.29) is 29.8 Å². The van der Waals surface area contributed by atoms with Crippen LogP contribution in [0, 0.1) is 5.92 Å². The van der Waals surface area contributed by atoms with E-state index < -0.39 is 0 Å². The number of nitrogens with zero attached hydrogens (tertiary/aromatic N) is 4. The molecule has 10 nitrogen and oxygen atoms in total. The van der Waals surface area contributed by atoms with Gasteiger partial charge in [-0.15, -0.1) is 0 Å². The number of piperidine rings is 1. The minimum absolute atomic E-state index is 0.0649. The molecule has 0 spiro atoms.